The zero-order chi connectivity index (χ0) is 11.4. The van der Waals surface area contributed by atoms with Gasteiger partial charge in [0.1, 0.15) is 0 Å². The van der Waals surface area contributed by atoms with Crippen molar-refractivity contribution in [2.75, 3.05) is 13.2 Å². The standard InChI is InChI=1S/C13H26N2O/c14-12-6-1-2-7-13(12)15-9-4-3-5-11(15)8-10-16/h11-13,16H,1-10,14H2. The third kappa shape index (κ3) is 2.76. The highest BCUT2D eigenvalue weighted by Gasteiger charge is 2.33. The zero-order valence-corrected chi connectivity index (χ0v) is 10.3. The Morgan fingerprint density at radius 1 is 1.06 bits per heavy atom. The van der Waals surface area contributed by atoms with E-state index in [1.807, 2.05) is 0 Å². The van der Waals surface area contributed by atoms with Crippen molar-refractivity contribution in [3.8, 4) is 0 Å². The molecular weight excluding hydrogens is 200 g/mol. The summed E-state index contributed by atoms with van der Waals surface area (Å²) in [5.74, 6) is 0. The Balaban J connectivity index is 1.97. The van der Waals surface area contributed by atoms with Gasteiger partial charge >= 0.3 is 0 Å². The van der Waals surface area contributed by atoms with Crippen LogP contribution in [0.4, 0.5) is 0 Å². The van der Waals surface area contributed by atoms with Gasteiger partial charge in [0, 0.05) is 24.7 Å². The summed E-state index contributed by atoms with van der Waals surface area (Å²) in [5.41, 5.74) is 6.26. The second-order valence-corrected chi connectivity index (χ2v) is 5.42. The maximum Gasteiger partial charge on any atom is 0.0445 e. The van der Waals surface area contributed by atoms with E-state index in [-0.39, 0.29) is 0 Å². The number of aliphatic hydroxyl groups excluding tert-OH is 1. The number of nitrogens with two attached hydrogens (primary N) is 1. The first kappa shape index (κ1) is 12.3. The molecule has 0 aromatic heterocycles. The largest absolute Gasteiger partial charge is 0.396 e. The van der Waals surface area contributed by atoms with Crippen LogP contribution in [0.25, 0.3) is 0 Å². The summed E-state index contributed by atoms with van der Waals surface area (Å²) >= 11 is 0. The summed E-state index contributed by atoms with van der Waals surface area (Å²) in [4.78, 5) is 2.61. The molecule has 0 radical (unpaired) electrons. The van der Waals surface area contributed by atoms with Gasteiger partial charge in [0.25, 0.3) is 0 Å². The van der Waals surface area contributed by atoms with E-state index >= 15 is 0 Å². The van der Waals surface area contributed by atoms with Gasteiger partial charge in [-0.2, -0.15) is 0 Å². The van der Waals surface area contributed by atoms with E-state index in [0.717, 1.165) is 6.42 Å². The lowest BCUT2D eigenvalue weighted by Crippen LogP contribution is -2.55. The van der Waals surface area contributed by atoms with Crippen molar-refractivity contribution < 1.29 is 5.11 Å². The first-order chi connectivity index (χ1) is 7.83. The van der Waals surface area contributed by atoms with Gasteiger partial charge in [0.15, 0.2) is 0 Å². The van der Waals surface area contributed by atoms with Crippen molar-refractivity contribution >= 4 is 0 Å². The molecule has 3 nitrogen and oxygen atoms in total. The first-order valence-electron chi connectivity index (χ1n) is 6.95. The van der Waals surface area contributed by atoms with Crippen molar-refractivity contribution in [2.45, 2.75) is 69.5 Å². The third-order valence-corrected chi connectivity index (χ3v) is 4.34. The van der Waals surface area contributed by atoms with Gasteiger partial charge < -0.3 is 10.8 Å². The Labute approximate surface area is 99.0 Å². The molecule has 1 aliphatic carbocycles. The molecule has 16 heavy (non-hydrogen) atoms. The number of hydrogen-bond donors (Lipinski definition) is 2. The number of nitrogens with zero attached hydrogens (tertiary/aromatic N) is 1. The quantitative estimate of drug-likeness (QED) is 0.766. The molecule has 1 saturated carbocycles. The number of aliphatic hydroxyl groups is 1. The summed E-state index contributed by atoms with van der Waals surface area (Å²) in [6.07, 6.45) is 9.91. The van der Waals surface area contributed by atoms with Gasteiger partial charge in [-0.3, -0.25) is 4.90 Å². The summed E-state index contributed by atoms with van der Waals surface area (Å²) in [7, 11) is 0. The summed E-state index contributed by atoms with van der Waals surface area (Å²) in [6, 6.07) is 1.55. The SMILES string of the molecule is NC1CCCCC1N1CCCCC1CCO. The molecule has 1 saturated heterocycles. The van der Waals surface area contributed by atoms with Crippen LogP contribution >= 0.6 is 0 Å². The van der Waals surface area contributed by atoms with E-state index in [9.17, 15) is 0 Å². The molecular formula is C13H26N2O. The van der Waals surface area contributed by atoms with Crippen LogP contribution in [0, 0.1) is 0 Å². The third-order valence-electron chi connectivity index (χ3n) is 4.34. The highest BCUT2D eigenvalue weighted by Crippen LogP contribution is 2.29. The number of piperidine rings is 1. The second-order valence-electron chi connectivity index (χ2n) is 5.42. The summed E-state index contributed by atoms with van der Waals surface area (Å²) < 4.78 is 0. The number of hydrogen-bond acceptors (Lipinski definition) is 3. The Morgan fingerprint density at radius 3 is 2.56 bits per heavy atom. The predicted molar refractivity (Wildman–Crippen MR) is 66.3 cm³/mol. The lowest BCUT2D eigenvalue weighted by molar-refractivity contribution is 0.0478. The molecule has 2 rings (SSSR count). The monoisotopic (exact) mass is 226 g/mol. The Morgan fingerprint density at radius 2 is 1.81 bits per heavy atom. The Bertz CT molecular complexity index is 208. The van der Waals surface area contributed by atoms with E-state index in [0.29, 0.717) is 24.7 Å². The fourth-order valence-corrected chi connectivity index (χ4v) is 3.47. The van der Waals surface area contributed by atoms with Crippen molar-refractivity contribution in [2.24, 2.45) is 5.73 Å². The van der Waals surface area contributed by atoms with E-state index in [2.05, 4.69) is 4.90 Å². The number of likely N-dealkylation sites (tertiary alicyclic amines) is 1. The van der Waals surface area contributed by atoms with Crippen LogP contribution < -0.4 is 5.73 Å². The van der Waals surface area contributed by atoms with Crippen LogP contribution in [-0.2, 0) is 0 Å². The van der Waals surface area contributed by atoms with E-state index in [1.165, 1.54) is 51.5 Å². The zero-order valence-electron chi connectivity index (χ0n) is 10.3. The fourth-order valence-electron chi connectivity index (χ4n) is 3.47. The molecule has 0 aromatic rings. The highest BCUT2D eigenvalue weighted by atomic mass is 16.3. The maximum atomic E-state index is 9.14. The molecule has 3 atom stereocenters. The van der Waals surface area contributed by atoms with E-state index < -0.39 is 0 Å². The Kier molecular flexibility index (Phi) is 4.62. The lowest BCUT2D eigenvalue weighted by atomic mass is 9.86. The molecule has 0 bridgehead atoms. The molecule has 0 spiro atoms. The van der Waals surface area contributed by atoms with Crippen LogP contribution in [-0.4, -0.2) is 41.3 Å². The van der Waals surface area contributed by atoms with Gasteiger partial charge in [0.05, 0.1) is 0 Å². The maximum absolute atomic E-state index is 9.14. The molecule has 1 aliphatic heterocycles. The summed E-state index contributed by atoms with van der Waals surface area (Å²) in [6.45, 7) is 1.52. The van der Waals surface area contributed by atoms with Crippen LogP contribution in [0.1, 0.15) is 51.4 Å². The molecule has 2 fully saturated rings. The molecule has 1 heterocycles. The smallest absolute Gasteiger partial charge is 0.0445 e. The van der Waals surface area contributed by atoms with Crippen LogP contribution in [0.5, 0.6) is 0 Å². The minimum atomic E-state index is 0.323. The van der Waals surface area contributed by atoms with Crippen LogP contribution in [0.3, 0.4) is 0 Å². The van der Waals surface area contributed by atoms with E-state index in [4.69, 9.17) is 10.8 Å². The first-order valence-corrected chi connectivity index (χ1v) is 6.95. The molecule has 2 aliphatic rings. The average Bonchev–Trinajstić information content (AvgIpc) is 2.31. The van der Waals surface area contributed by atoms with Crippen molar-refractivity contribution in [3.63, 3.8) is 0 Å². The Hall–Kier alpha value is -0.120. The molecule has 0 amide bonds. The predicted octanol–water partition coefficient (Wildman–Crippen LogP) is 1.49. The minimum Gasteiger partial charge on any atom is -0.396 e. The van der Waals surface area contributed by atoms with Gasteiger partial charge in [-0.1, -0.05) is 19.3 Å². The van der Waals surface area contributed by atoms with Gasteiger partial charge in [0.2, 0.25) is 0 Å². The van der Waals surface area contributed by atoms with Crippen molar-refractivity contribution in [1.29, 1.82) is 0 Å². The van der Waals surface area contributed by atoms with Crippen molar-refractivity contribution in [1.82, 2.24) is 4.90 Å². The van der Waals surface area contributed by atoms with Gasteiger partial charge in [-0.25, -0.2) is 0 Å². The lowest BCUT2D eigenvalue weighted by Gasteiger charge is -2.45. The minimum absolute atomic E-state index is 0.323. The second kappa shape index (κ2) is 5.99. The van der Waals surface area contributed by atoms with E-state index in [1.54, 1.807) is 0 Å². The van der Waals surface area contributed by atoms with Crippen LogP contribution in [0.15, 0.2) is 0 Å². The molecule has 3 heteroatoms. The normalized spacial score (nSPS) is 37.5. The molecule has 94 valence electrons. The number of rotatable bonds is 3. The molecule has 3 N–H and O–H groups in total. The summed E-state index contributed by atoms with van der Waals surface area (Å²) in [5, 5.41) is 9.14. The van der Waals surface area contributed by atoms with Crippen LogP contribution in [0.2, 0.25) is 0 Å². The topological polar surface area (TPSA) is 49.5 Å². The molecule has 3 unspecified atom stereocenters. The fraction of sp³-hybridized carbons (Fsp3) is 1.00. The van der Waals surface area contributed by atoms with Gasteiger partial charge in [-0.05, 0) is 38.6 Å². The average molecular weight is 226 g/mol. The van der Waals surface area contributed by atoms with Crippen molar-refractivity contribution in [3.05, 3.63) is 0 Å². The van der Waals surface area contributed by atoms with Gasteiger partial charge in [-0.15, -0.1) is 0 Å². The molecule has 0 aromatic carbocycles. The highest BCUT2D eigenvalue weighted by molar-refractivity contribution is 4.90.